The summed E-state index contributed by atoms with van der Waals surface area (Å²) in [7, 11) is 0. The van der Waals surface area contributed by atoms with Crippen molar-refractivity contribution in [3.63, 3.8) is 0 Å². The molecular weight excluding hydrogens is 248 g/mol. The van der Waals surface area contributed by atoms with Crippen LogP contribution in [0.15, 0.2) is 0 Å². The summed E-state index contributed by atoms with van der Waals surface area (Å²) in [6.07, 6.45) is -4.72. The van der Waals surface area contributed by atoms with Crippen LogP contribution in [0.1, 0.15) is 20.8 Å². The first kappa shape index (κ1) is 16.5. The third kappa shape index (κ3) is 5.25. The Morgan fingerprint density at radius 2 is 1.25 bits per heavy atom. The van der Waals surface area contributed by atoms with Gasteiger partial charge in [-0.3, -0.25) is 0 Å². The highest BCUT2D eigenvalue weighted by atomic mass is 32.2. The zero-order chi connectivity index (χ0) is 12.7. The lowest BCUT2D eigenvalue weighted by Gasteiger charge is -2.29. The van der Waals surface area contributed by atoms with Crippen molar-refractivity contribution in [1.29, 1.82) is 0 Å². The van der Waals surface area contributed by atoms with Gasteiger partial charge in [-0.2, -0.15) is 0 Å². The first-order chi connectivity index (χ1) is 7.45. The quantitative estimate of drug-likeness (QED) is 0.475. The highest BCUT2D eigenvalue weighted by molar-refractivity contribution is 8.17. The van der Waals surface area contributed by atoms with E-state index in [2.05, 4.69) is 0 Å². The second-order valence-electron chi connectivity index (χ2n) is 3.49. The van der Waals surface area contributed by atoms with Crippen molar-refractivity contribution < 1.29 is 20.4 Å². The molecule has 4 atom stereocenters. The number of thioether (sulfide) groups is 2. The van der Waals surface area contributed by atoms with Crippen LogP contribution in [-0.2, 0) is 0 Å². The predicted octanol–water partition coefficient (Wildman–Crippen LogP) is 0.282. The van der Waals surface area contributed by atoms with Gasteiger partial charge in [-0.05, 0) is 18.4 Å². The summed E-state index contributed by atoms with van der Waals surface area (Å²) in [5.41, 5.74) is 0. The summed E-state index contributed by atoms with van der Waals surface area (Å²) < 4.78 is -0.182. The average molecular weight is 270 g/mol. The second kappa shape index (κ2) is 8.60. The van der Waals surface area contributed by atoms with Gasteiger partial charge < -0.3 is 20.4 Å². The molecule has 0 aromatic rings. The lowest BCUT2D eigenvalue weighted by molar-refractivity contribution is -0.0952. The minimum absolute atomic E-state index is 0.182. The van der Waals surface area contributed by atoms with Crippen molar-refractivity contribution in [3.8, 4) is 0 Å². The fourth-order valence-electron chi connectivity index (χ4n) is 1.22. The van der Waals surface area contributed by atoms with Crippen molar-refractivity contribution in [1.82, 2.24) is 0 Å². The van der Waals surface area contributed by atoms with Gasteiger partial charge in [-0.1, -0.05) is 13.8 Å². The van der Waals surface area contributed by atoms with Gasteiger partial charge in [0.15, 0.2) is 0 Å². The van der Waals surface area contributed by atoms with Gasteiger partial charge in [0.2, 0.25) is 0 Å². The summed E-state index contributed by atoms with van der Waals surface area (Å²) in [6, 6.07) is 0. The molecule has 6 heteroatoms. The van der Waals surface area contributed by atoms with Crippen LogP contribution in [0.2, 0.25) is 0 Å². The van der Waals surface area contributed by atoms with Crippen LogP contribution in [0, 0.1) is 0 Å². The molecule has 0 aliphatic carbocycles. The molecule has 0 amide bonds. The number of aliphatic hydroxyl groups is 4. The van der Waals surface area contributed by atoms with Gasteiger partial charge in [0, 0.05) is 0 Å². The molecule has 0 fully saturated rings. The van der Waals surface area contributed by atoms with Crippen LogP contribution < -0.4 is 0 Å². The zero-order valence-electron chi connectivity index (χ0n) is 9.91. The molecule has 4 N–H and O–H groups in total. The number of hydrogen-bond donors (Lipinski definition) is 4. The van der Waals surface area contributed by atoms with E-state index >= 15 is 0 Å². The van der Waals surface area contributed by atoms with Crippen LogP contribution in [0.3, 0.4) is 0 Å². The van der Waals surface area contributed by atoms with E-state index in [0.717, 1.165) is 11.5 Å². The molecule has 0 spiro atoms. The normalized spacial score (nSPS) is 19.5. The van der Waals surface area contributed by atoms with Crippen molar-refractivity contribution in [3.05, 3.63) is 0 Å². The first-order valence-electron chi connectivity index (χ1n) is 5.41. The Morgan fingerprint density at radius 3 is 1.56 bits per heavy atom. The molecule has 98 valence electrons. The van der Waals surface area contributed by atoms with Crippen LogP contribution >= 0.6 is 23.5 Å². The lowest BCUT2D eigenvalue weighted by Crippen LogP contribution is -2.46. The standard InChI is InChI=1S/C10H22O4S2/c1-4-15-10(16-5-2)9(14)8(13)7(12)6(3)11/h6-14H,4-5H2,1-3H3/t6-,7+,8+,9-/m0/s1. The zero-order valence-corrected chi connectivity index (χ0v) is 11.5. The SMILES string of the molecule is CCSC(SCC)[C@@H](O)[C@H](O)[C@H](O)[C@H](C)O. The average Bonchev–Trinajstić information content (AvgIpc) is 2.25. The summed E-state index contributed by atoms with van der Waals surface area (Å²) in [6.45, 7) is 5.33. The molecule has 0 saturated heterocycles. The van der Waals surface area contributed by atoms with Crippen molar-refractivity contribution >= 4 is 23.5 Å². The van der Waals surface area contributed by atoms with Crippen molar-refractivity contribution in [2.75, 3.05) is 11.5 Å². The molecule has 0 unspecified atom stereocenters. The Labute approximate surface area is 105 Å². The topological polar surface area (TPSA) is 80.9 Å². The number of aliphatic hydroxyl groups excluding tert-OH is 4. The summed E-state index contributed by atoms with van der Waals surface area (Å²) in [5, 5.41) is 38.2. The molecule has 0 rings (SSSR count). The Hall–Kier alpha value is 0.540. The highest BCUT2D eigenvalue weighted by Gasteiger charge is 2.33. The van der Waals surface area contributed by atoms with E-state index in [4.69, 9.17) is 5.11 Å². The minimum Gasteiger partial charge on any atom is -0.391 e. The van der Waals surface area contributed by atoms with E-state index in [0.29, 0.717) is 0 Å². The van der Waals surface area contributed by atoms with E-state index < -0.39 is 24.4 Å². The Morgan fingerprint density at radius 1 is 0.812 bits per heavy atom. The van der Waals surface area contributed by atoms with E-state index in [9.17, 15) is 15.3 Å². The highest BCUT2D eigenvalue weighted by Crippen LogP contribution is 2.29. The number of rotatable bonds is 8. The molecule has 4 nitrogen and oxygen atoms in total. The maximum atomic E-state index is 9.90. The smallest absolute Gasteiger partial charge is 0.110 e. The van der Waals surface area contributed by atoms with Gasteiger partial charge in [0.05, 0.1) is 10.7 Å². The first-order valence-corrected chi connectivity index (χ1v) is 7.50. The fraction of sp³-hybridized carbons (Fsp3) is 1.00. The molecule has 0 aliphatic heterocycles. The van der Waals surface area contributed by atoms with Crippen LogP contribution in [0.25, 0.3) is 0 Å². The van der Waals surface area contributed by atoms with E-state index in [1.807, 2.05) is 13.8 Å². The largest absolute Gasteiger partial charge is 0.391 e. The maximum absolute atomic E-state index is 9.90. The maximum Gasteiger partial charge on any atom is 0.110 e. The van der Waals surface area contributed by atoms with Crippen molar-refractivity contribution in [2.24, 2.45) is 0 Å². The third-order valence-electron chi connectivity index (χ3n) is 2.13. The molecule has 16 heavy (non-hydrogen) atoms. The minimum atomic E-state index is -1.32. The molecule has 0 radical (unpaired) electrons. The van der Waals surface area contributed by atoms with Gasteiger partial charge in [-0.25, -0.2) is 0 Å². The predicted molar refractivity (Wildman–Crippen MR) is 69.8 cm³/mol. The lowest BCUT2D eigenvalue weighted by atomic mass is 10.1. The van der Waals surface area contributed by atoms with E-state index in [1.165, 1.54) is 30.4 Å². The van der Waals surface area contributed by atoms with Crippen molar-refractivity contribution in [2.45, 2.75) is 49.8 Å². The summed E-state index contributed by atoms with van der Waals surface area (Å²) >= 11 is 3.05. The van der Waals surface area contributed by atoms with Crippen LogP contribution in [-0.4, -0.2) is 60.9 Å². The fourth-order valence-corrected chi connectivity index (χ4v) is 3.80. The van der Waals surface area contributed by atoms with Gasteiger partial charge in [0.1, 0.15) is 18.3 Å². The van der Waals surface area contributed by atoms with Gasteiger partial charge >= 0.3 is 0 Å². The second-order valence-corrected chi connectivity index (χ2v) is 6.63. The Bertz CT molecular complexity index is 172. The molecule has 0 aliphatic rings. The molecular formula is C10H22O4S2. The van der Waals surface area contributed by atoms with E-state index in [-0.39, 0.29) is 4.58 Å². The monoisotopic (exact) mass is 270 g/mol. The molecule has 0 bridgehead atoms. The Kier molecular flexibility index (Phi) is 8.90. The number of hydrogen-bond acceptors (Lipinski definition) is 6. The molecule has 0 aromatic heterocycles. The Balaban J connectivity index is 4.40. The van der Waals surface area contributed by atoms with Gasteiger partial charge in [-0.15, -0.1) is 23.5 Å². The van der Waals surface area contributed by atoms with E-state index in [1.54, 1.807) is 0 Å². The molecule has 0 aromatic carbocycles. The van der Waals surface area contributed by atoms with Crippen LogP contribution in [0.5, 0.6) is 0 Å². The van der Waals surface area contributed by atoms with Crippen LogP contribution in [0.4, 0.5) is 0 Å². The summed E-state index contributed by atoms with van der Waals surface area (Å²) in [4.78, 5) is 0. The molecule has 0 heterocycles. The molecule has 0 saturated carbocycles. The summed E-state index contributed by atoms with van der Waals surface area (Å²) in [5.74, 6) is 1.65. The third-order valence-corrected chi connectivity index (χ3v) is 4.83. The van der Waals surface area contributed by atoms with Gasteiger partial charge in [0.25, 0.3) is 0 Å².